The minimum absolute atomic E-state index is 0.0207. The Bertz CT molecular complexity index is 856. The number of halogens is 4. The molecule has 24 heavy (non-hydrogen) atoms. The summed E-state index contributed by atoms with van der Waals surface area (Å²) in [5.41, 5.74) is 0.841. The Morgan fingerprint density at radius 2 is 1.71 bits per heavy atom. The second-order valence-corrected chi connectivity index (χ2v) is 7.55. The van der Waals surface area contributed by atoms with Crippen LogP contribution >= 0.6 is 23.2 Å². The van der Waals surface area contributed by atoms with Gasteiger partial charge in [-0.3, -0.25) is 4.79 Å². The molecule has 0 aliphatic rings. The average molecular weight is 394 g/mol. The second-order valence-electron chi connectivity index (χ2n) is 4.79. The number of nitrogens with one attached hydrogen (secondary N) is 1. The van der Waals surface area contributed by atoms with Gasteiger partial charge in [0.15, 0.2) is 0 Å². The van der Waals surface area contributed by atoms with Crippen LogP contribution in [0.3, 0.4) is 0 Å². The van der Waals surface area contributed by atoms with Crippen molar-refractivity contribution in [3.63, 3.8) is 0 Å². The van der Waals surface area contributed by atoms with Gasteiger partial charge in [0.05, 0.1) is 11.3 Å². The van der Waals surface area contributed by atoms with E-state index in [1.54, 1.807) is 12.1 Å². The molecule has 0 aliphatic carbocycles. The second kappa shape index (κ2) is 7.46. The van der Waals surface area contributed by atoms with Crippen molar-refractivity contribution in [2.45, 2.75) is 17.1 Å². The number of alkyl halides is 2. The van der Waals surface area contributed by atoms with Crippen molar-refractivity contribution in [3.8, 4) is 0 Å². The standard InChI is InChI=1S/C15H11Cl2F2NO3S/c16-10-2-1-9(13(17)8-10)7-14(21)20-11-3-5-12(6-4-11)24(22,23)15(18)19/h1-6,8,15H,7H2,(H,20,21). The summed E-state index contributed by atoms with van der Waals surface area (Å²) in [6.45, 7) is 0. The van der Waals surface area contributed by atoms with E-state index < -0.39 is 26.4 Å². The predicted molar refractivity (Wildman–Crippen MR) is 88.4 cm³/mol. The van der Waals surface area contributed by atoms with Gasteiger partial charge in [-0.05, 0) is 42.0 Å². The zero-order valence-electron chi connectivity index (χ0n) is 12.0. The van der Waals surface area contributed by atoms with Crippen LogP contribution in [0.25, 0.3) is 0 Å². The Balaban J connectivity index is 2.07. The van der Waals surface area contributed by atoms with Gasteiger partial charge in [-0.15, -0.1) is 0 Å². The third-order valence-corrected chi connectivity index (χ3v) is 5.05. The molecule has 2 aromatic carbocycles. The van der Waals surface area contributed by atoms with Crippen molar-refractivity contribution >= 4 is 44.6 Å². The third kappa shape index (κ3) is 4.43. The highest BCUT2D eigenvalue weighted by atomic mass is 35.5. The number of benzene rings is 2. The first-order valence-corrected chi connectivity index (χ1v) is 8.86. The van der Waals surface area contributed by atoms with Gasteiger partial charge in [0.25, 0.3) is 0 Å². The number of carbonyl (C=O) groups excluding carboxylic acids is 1. The van der Waals surface area contributed by atoms with E-state index in [1.807, 2.05) is 0 Å². The lowest BCUT2D eigenvalue weighted by Gasteiger charge is -2.08. The molecule has 4 nitrogen and oxygen atoms in total. The predicted octanol–water partition coefficient (Wildman–Crippen LogP) is 4.17. The molecule has 0 heterocycles. The molecular weight excluding hydrogens is 383 g/mol. The normalized spacial score (nSPS) is 11.5. The molecule has 0 spiro atoms. The molecule has 2 rings (SSSR count). The summed E-state index contributed by atoms with van der Waals surface area (Å²) >= 11 is 11.7. The maximum Gasteiger partial charge on any atom is 0.341 e. The van der Waals surface area contributed by atoms with Gasteiger partial charge in [-0.2, -0.15) is 8.78 Å². The van der Waals surface area contributed by atoms with Crippen LogP contribution in [0.4, 0.5) is 14.5 Å². The maximum absolute atomic E-state index is 12.4. The summed E-state index contributed by atoms with van der Waals surface area (Å²) in [6.07, 6.45) is -0.0207. The number of carbonyl (C=O) groups is 1. The Kier molecular flexibility index (Phi) is 5.79. The zero-order chi connectivity index (χ0) is 17.9. The highest BCUT2D eigenvalue weighted by molar-refractivity contribution is 7.91. The smallest absolute Gasteiger partial charge is 0.326 e. The van der Waals surface area contributed by atoms with E-state index in [2.05, 4.69) is 5.32 Å². The van der Waals surface area contributed by atoms with Gasteiger partial charge in [-0.1, -0.05) is 29.3 Å². The molecule has 0 aromatic heterocycles. The molecule has 0 unspecified atom stereocenters. The van der Waals surface area contributed by atoms with Crippen molar-refractivity contribution in [2.75, 3.05) is 5.32 Å². The fourth-order valence-corrected chi connectivity index (χ4v) is 3.07. The number of hydrogen-bond acceptors (Lipinski definition) is 3. The first kappa shape index (κ1) is 18.6. The molecule has 0 saturated carbocycles. The van der Waals surface area contributed by atoms with Crippen LogP contribution in [0.2, 0.25) is 10.0 Å². The lowest BCUT2D eigenvalue weighted by molar-refractivity contribution is -0.115. The van der Waals surface area contributed by atoms with Crippen molar-refractivity contribution < 1.29 is 22.0 Å². The minimum atomic E-state index is -4.66. The third-order valence-electron chi connectivity index (χ3n) is 3.07. The molecule has 1 N–H and O–H groups in total. The molecular formula is C15H11Cl2F2NO3S. The van der Waals surface area contributed by atoms with E-state index in [0.29, 0.717) is 15.6 Å². The number of hydrogen-bond donors (Lipinski definition) is 1. The van der Waals surface area contributed by atoms with E-state index in [4.69, 9.17) is 23.2 Å². The maximum atomic E-state index is 12.4. The molecule has 0 saturated heterocycles. The Labute approximate surface area is 147 Å². The van der Waals surface area contributed by atoms with Crippen LogP contribution in [0.15, 0.2) is 47.4 Å². The molecule has 0 bridgehead atoms. The summed E-state index contributed by atoms with van der Waals surface area (Å²) in [5, 5.41) is 3.32. The lowest BCUT2D eigenvalue weighted by Crippen LogP contribution is -2.15. The van der Waals surface area contributed by atoms with Crippen molar-refractivity contribution in [3.05, 3.63) is 58.1 Å². The summed E-state index contributed by atoms with van der Waals surface area (Å²) < 4.78 is 47.5. The summed E-state index contributed by atoms with van der Waals surface area (Å²) in [6, 6.07) is 9.20. The van der Waals surface area contributed by atoms with Gasteiger partial charge in [0.1, 0.15) is 0 Å². The monoisotopic (exact) mass is 393 g/mol. The van der Waals surface area contributed by atoms with Gasteiger partial charge in [0, 0.05) is 15.7 Å². The molecule has 0 radical (unpaired) electrons. The van der Waals surface area contributed by atoms with Crippen LogP contribution in [0.5, 0.6) is 0 Å². The number of anilines is 1. The molecule has 0 aliphatic heterocycles. The average Bonchev–Trinajstić information content (AvgIpc) is 2.50. The van der Waals surface area contributed by atoms with Gasteiger partial charge >= 0.3 is 5.76 Å². The summed E-state index contributed by atoms with van der Waals surface area (Å²) in [5.74, 6) is -3.89. The summed E-state index contributed by atoms with van der Waals surface area (Å²) in [4.78, 5) is 11.5. The molecule has 0 fully saturated rings. The largest absolute Gasteiger partial charge is 0.341 e. The number of amides is 1. The van der Waals surface area contributed by atoms with Gasteiger partial charge in [-0.25, -0.2) is 8.42 Å². The van der Waals surface area contributed by atoms with Gasteiger partial charge in [0.2, 0.25) is 15.7 Å². The van der Waals surface area contributed by atoms with Crippen molar-refractivity contribution in [1.29, 1.82) is 0 Å². The van der Waals surface area contributed by atoms with Crippen LogP contribution in [-0.4, -0.2) is 20.1 Å². The topological polar surface area (TPSA) is 63.2 Å². The molecule has 9 heteroatoms. The van der Waals surface area contributed by atoms with Crippen LogP contribution in [0.1, 0.15) is 5.56 Å². The zero-order valence-corrected chi connectivity index (χ0v) is 14.3. The highest BCUT2D eigenvalue weighted by Crippen LogP contribution is 2.23. The SMILES string of the molecule is O=C(Cc1ccc(Cl)cc1Cl)Nc1ccc(S(=O)(=O)C(F)F)cc1. The van der Waals surface area contributed by atoms with Crippen LogP contribution < -0.4 is 5.32 Å². The fourth-order valence-electron chi connectivity index (χ4n) is 1.87. The molecule has 128 valence electrons. The van der Waals surface area contributed by atoms with Crippen LogP contribution in [0, 0.1) is 0 Å². The minimum Gasteiger partial charge on any atom is -0.326 e. The quantitative estimate of drug-likeness (QED) is 0.828. The Morgan fingerprint density at radius 1 is 1.08 bits per heavy atom. The fraction of sp³-hybridized carbons (Fsp3) is 0.133. The first-order chi connectivity index (χ1) is 11.2. The highest BCUT2D eigenvalue weighted by Gasteiger charge is 2.26. The molecule has 0 atom stereocenters. The molecule has 1 amide bonds. The molecule has 2 aromatic rings. The number of sulfone groups is 1. The van der Waals surface area contributed by atoms with E-state index >= 15 is 0 Å². The Morgan fingerprint density at radius 3 is 2.25 bits per heavy atom. The van der Waals surface area contributed by atoms with Crippen LogP contribution in [-0.2, 0) is 21.1 Å². The lowest BCUT2D eigenvalue weighted by atomic mass is 10.1. The van der Waals surface area contributed by atoms with E-state index in [-0.39, 0.29) is 12.1 Å². The Hall–Kier alpha value is -1.70. The number of rotatable bonds is 5. The van der Waals surface area contributed by atoms with Crippen molar-refractivity contribution in [2.24, 2.45) is 0 Å². The van der Waals surface area contributed by atoms with E-state index in [9.17, 15) is 22.0 Å². The first-order valence-electron chi connectivity index (χ1n) is 6.56. The van der Waals surface area contributed by atoms with E-state index in [0.717, 1.165) is 12.1 Å². The summed E-state index contributed by atoms with van der Waals surface area (Å²) in [7, 11) is -4.66. The van der Waals surface area contributed by atoms with Crippen molar-refractivity contribution in [1.82, 2.24) is 0 Å². The van der Waals surface area contributed by atoms with E-state index in [1.165, 1.54) is 18.2 Å². The van der Waals surface area contributed by atoms with Gasteiger partial charge < -0.3 is 5.32 Å².